The van der Waals surface area contributed by atoms with Gasteiger partial charge in [0.1, 0.15) is 0 Å². The highest BCUT2D eigenvalue weighted by Gasteiger charge is 2.27. The molecule has 1 unspecified atom stereocenters. The summed E-state index contributed by atoms with van der Waals surface area (Å²) in [5, 5.41) is 0. The fourth-order valence-electron chi connectivity index (χ4n) is 1.67. The van der Waals surface area contributed by atoms with Crippen molar-refractivity contribution < 1.29 is 4.79 Å². The van der Waals surface area contributed by atoms with Crippen LogP contribution in [0.5, 0.6) is 0 Å². The quantitative estimate of drug-likeness (QED) is 0.639. The van der Waals surface area contributed by atoms with E-state index in [1.54, 1.807) is 29.2 Å². The van der Waals surface area contributed by atoms with Crippen molar-refractivity contribution in [3.63, 3.8) is 0 Å². The number of hydrogen-bond acceptors (Lipinski definition) is 3. The number of amides is 1. The molecule has 18 heavy (non-hydrogen) atoms. The van der Waals surface area contributed by atoms with Crippen molar-refractivity contribution in [1.82, 2.24) is 4.90 Å². The Kier molecular flexibility index (Phi) is 4.35. The molecule has 0 heterocycles. The predicted octanol–water partition coefficient (Wildman–Crippen LogP) is 2.48. The lowest BCUT2D eigenvalue weighted by molar-refractivity contribution is 0.0629. The van der Waals surface area contributed by atoms with Crippen LogP contribution >= 0.6 is 0 Å². The number of nitrogen functional groups attached to an aromatic ring is 1. The van der Waals surface area contributed by atoms with E-state index >= 15 is 0 Å². The lowest BCUT2D eigenvalue weighted by Crippen LogP contribution is -2.42. The van der Waals surface area contributed by atoms with Crippen LogP contribution in [0.25, 0.3) is 0 Å². The van der Waals surface area contributed by atoms with Crippen LogP contribution in [0.2, 0.25) is 0 Å². The number of hydrazine groups is 1. The van der Waals surface area contributed by atoms with Gasteiger partial charge < -0.3 is 10.3 Å². The van der Waals surface area contributed by atoms with Gasteiger partial charge in [0.15, 0.2) is 0 Å². The summed E-state index contributed by atoms with van der Waals surface area (Å²) >= 11 is 0. The Morgan fingerprint density at radius 2 is 1.78 bits per heavy atom. The first-order valence-electron chi connectivity index (χ1n) is 6.11. The van der Waals surface area contributed by atoms with E-state index in [1.807, 2.05) is 7.05 Å². The Balaban J connectivity index is 2.86. The minimum Gasteiger partial charge on any atom is -0.338 e. The Labute approximate surface area is 109 Å². The van der Waals surface area contributed by atoms with Crippen LogP contribution in [0.3, 0.4) is 0 Å². The second-order valence-electron chi connectivity index (χ2n) is 5.68. The number of rotatable bonds is 3. The molecule has 3 N–H and O–H groups in total. The van der Waals surface area contributed by atoms with Gasteiger partial charge in [-0.2, -0.15) is 0 Å². The van der Waals surface area contributed by atoms with Crippen molar-refractivity contribution in [1.29, 1.82) is 0 Å². The van der Waals surface area contributed by atoms with Crippen LogP contribution in [0.15, 0.2) is 24.3 Å². The second kappa shape index (κ2) is 5.40. The van der Waals surface area contributed by atoms with Gasteiger partial charge in [-0.25, -0.2) is 0 Å². The molecule has 1 amide bonds. The third kappa shape index (κ3) is 3.23. The molecule has 1 atom stereocenters. The molecule has 0 fully saturated rings. The summed E-state index contributed by atoms with van der Waals surface area (Å²) < 4.78 is 0. The van der Waals surface area contributed by atoms with Crippen LogP contribution in [-0.4, -0.2) is 23.9 Å². The number of nitrogens with one attached hydrogen (secondary N) is 1. The maximum atomic E-state index is 12.3. The van der Waals surface area contributed by atoms with Crippen LogP contribution in [0, 0.1) is 5.41 Å². The third-order valence-electron chi connectivity index (χ3n) is 3.45. The third-order valence-corrected chi connectivity index (χ3v) is 3.45. The number of carbonyl (C=O) groups excluding carboxylic acids is 1. The number of hydrogen-bond donors (Lipinski definition) is 2. The van der Waals surface area contributed by atoms with E-state index < -0.39 is 0 Å². The summed E-state index contributed by atoms with van der Waals surface area (Å²) in [5.74, 6) is 5.32. The lowest BCUT2D eigenvalue weighted by Gasteiger charge is -2.35. The van der Waals surface area contributed by atoms with Gasteiger partial charge in [-0.3, -0.25) is 10.6 Å². The summed E-state index contributed by atoms with van der Waals surface area (Å²) in [6.45, 7) is 8.45. The van der Waals surface area contributed by atoms with Gasteiger partial charge in [0.05, 0.1) is 0 Å². The first kappa shape index (κ1) is 14.5. The molecule has 0 bridgehead atoms. The largest absolute Gasteiger partial charge is 0.338 e. The SMILES string of the molecule is CC(N(C)C(=O)c1ccc(NN)cc1)C(C)(C)C. The summed E-state index contributed by atoms with van der Waals surface area (Å²) in [6, 6.07) is 7.32. The molecule has 4 heteroatoms. The number of benzene rings is 1. The summed E-state index contributed by atoms with van der Waals surface area (Å²) in [6.07, 6.45) is 0. The highest BCUT2D eigenvalue weighted by Crippen LogP contribution is 2.24. The Morgan fingerprint density at radius 1 is 1.28 bits per heavy atom. The molecule has 0 aromatic heterocycles. The van der Waals surface area contributed by atoms with Gasteiger partial charge in [0.25, 0.3) is 5.91 Å². The van der Waals surface area contributed by atoms with Gasteiger partial charge in [-0.1, -0.05) is 20.8 Å². The number of nitrogens with two attached hydrogens (primary N) is 1. The van der Waals surface area contributed by atoms with E-state index in [4.69, 9.17) is 5.84 Å². The first-order valence-corrected chi connectivity index (χ1v) is 6.11. The fraction of sp³-hybridized carbons (Fsp3) is 0.500. The van der Waals surface area contributed by atoms with Gasteiger partial charge >= 0.3 is 0 Å². The lowest BCUT2D eigenvalue weighted by atomic mass is 9.87. The molecule has 0 saturated heterocycles. The second-order valence-corrected chi connectivity index (χ2v) is 5.68. The topological polar surface area (TPSA) is 58.4 Å². The number of anilines is 1. The molecule has 0 radical (unpaired) electrons. The van der Waals surface area contributed by atoms with Gasteiger partial charge in [0.2, 0.25) is 0 Å². The zero-order chi connectivity index (χ0) is 13.9. The smallest absolute Gasteiger partial charge is 0.253 e. The molecule has 1 aromatic rings. The molecule has 0 aliphatic heterocycles. The van der Waals surface area contributed by atoms with Gasteiger partial charge in [0, 0.05) is 24.3 Å². The minimum atomic E-state index is 0.0287. The van der Waals surface area contributed by atoms with E-state index in [2.05, 4.69) is 33.1 Å². The maximum Gasteiger partial charge on any atom is 0.253 e. The van der Waals surface area contributed by atoms with Crippen LogP contribution < -0.4 is 11.3 Å². The van der Waals surface area contributed by atoms with Crippen molar-refractivity contribution in [2.24, 2.45) is 11.3 Å². The molecule has 1 rings (SSSR count). The summed E-state index contributed by atoms with van der Waals surface area (Å²) in [4.78, 5) is 14.1. The van der Waals surface area contributed by atoms with Crippen molar-refractivity contribution in [3.8, 4) is 0 Å². The first-order chi connectivity index (χ1) is 8.27. The van der Waals surface area contributed by atoms with Crippen molar-refractivity contribution in [3.05, 3.63) is 29.8 Å². The number of nitrogens with zero attached hydrogens (tertiary/aromatic N) is 1. The molecular formula is C14H23N3O. The molecule has 0 aliphatic rings. The predicted molar refractivity (Wildman–Crippen MR) is 75.3 cm³/mol. The summed E-state index contributed by atoms with van der Waals surface area (Å²) in [5.41, 5.74) is 4.07. The Bertz CT molecular complexity index is 406. The highest BCUT2D eigenvalue weighted by atomic mass is 16.2. The minimum absolute atomic E-state index is 0.0287. The standard InChI is InChI=1S/C14H23N3O/c1-10(14(2,3)4)17(5)13(18)11-6-8-12(16-15)9-7-11/h6-10,16H,15H2,1-5H3. The van der Waals surface area contributed by atoms with Gasteiger partial charge in [-0.05, 0) is 36.6 Å². The molecule has 100 valence electrons. The maximum absolute atomic E-state index is 12.3. The van der Waals surface area contributed by atoms with E-state index in [1.165, 1.54) is 0 Å². The van der Waals surface area contributed by atoms with Crippen molar-refractivity contribution in [2.75, 3.05) is 12.5 Å². The zero-order valence-electron chi connectivity index (χ0n) is 11.8. The van der Waals surface area contributed by atoms with E-state index in [0.29, 0.717) is 5.56 Å². The highest BCUT2D eigenvalue weighted by molar-refractivity contribution is 5.94. The zero-order valence-corrected chi connectivity index (χ0v) is 11.8. The number of carbonyl (C=O) groups is 1. The average Bonchev–Trinajstić information content (AvgIpc) is 2.35. The van der Waals surface area contributed by atoms with E-state index in [9.17, 15) is 4.79 Å². The average molecular weight is 249 g/mol. The monoisotopic (exact) mass is 249 g/mol. The van der Waals surface area contributed by atoms with E-state index in [0.717, 1.165) is 5.69 Å². The summed E-state index contributed by atoms with van der Waals surface area (Å²) in [7, 11) is 1.84. The van der Waals surface area contributed by atoms with Crippen LogP contribution in [-0.2, 0) is 0 Å². The van der Waals surface area contributed by atoms with Crippen molar-refractivity contribution >= 4 is 11.6 Å². The van der Waals surface area contributed by atoms with Crippen LogP contribution in [0.4, 0.5) is 5.69 Å². The van der Waals surface area contributed by atoms with Gasteiger partial charge in [-0.15, -0.1) is 0 Å². The van der Waals surface area contributed by atoms with E-state index in [-0.39, 0.29) is 17.4 Å². The Morgan fingerprint density at radius 3 is 2.17 bits per heavy atom. The molecule has 1 aromatic carbocycles. The molecule has 4 nitrogen and oxygen atoms in total. The molecular weight excluding hydrogens is 226 g/mol. The van der Waals surface area contributed by atoms with Crippen LogP contribution in [0.1, 0.15) is 38.1 Å². The Hall–Kier alpha value is -1.55. The molecule has 0 saturated carbocycles. The molecule has 0 spiro atoms. The van der Waals surface area contributed by atoms with Crippen molar-refractivity contribution in [2.45, 2.75) is 33.7 Å². The fourth-order valence-corrected chi connectivity index (χ4v) is 1.67. The normalized spacial score (nSPS) is 13.0. The molecule has 0 aliphatic carbocycles.